The molecule has 0 saturated carbocycles. The molecule has 1 aromatic heterocycles. The van der Waals surface area contributed by atoms with E-state index in [4.69, 9.17) is 9.97 Å². The van der Waals surface area contributed by atoms with Crippen LogP contribution in [0.2, 0.25) is 0 Å². The number of aryl methyl sites for hydroxylation is 2. The second-order valence-electron chi connectivity index (χ2n) is 5.78. The molecule has 1 aromatic carbocycles. The number of benzene rings is 1. The van der Waals surface area contributed by atoms with Gasteiger partial charge in [-0.1, -0.05) is 30.2 Å². The van der Waals surface area contributed by atoms with Crippen LogP contribution in [0.15, 0.2) is 24.3 Å². The molecule has 1 heterocycles. The maximum atomic E-state index is 4.88. The van der Waals surface area contributed by atoms with Gasteiger partial charge in [-0.15, -0.1) is 0 Å². The van der Waals surface area contributed by atoms with Gasteiger partial charge in [-0.2, -0.15) is 0 Å². The predicted octanol–water partition coefficient (Wildman–Crippen LogP) is 4.15. The fourth-order valence-electron chi connectivity index (χ4n) is 3.00. The summed E-state index contributed by atoms with van der Waals surface area (Å²) in [6, 6.07) is 8.44. The molecule has 21 heavy (non-hydrogen) atoms. The van der Waals surface area contributed by atoms with Crippen molar-refractivity contribution in [1.82, 2.24) is 9.97 Å². The molecule has 0 saturated heterocycles. The molecular weight excluding hydrogens is 258 g/mol. The fourth-order valence-corrected chi connectivity index (χ4v) is 3.00. The van der Waals surface area contributed by atoms with Crippen LogP contribution in [0, 0.1) is 6.92 Å². The molecule has 3 rings (SSSR count). The lowest BCUT2D eigenvalue weighted by atomic mass is 10.1. The quantitative estimate of drug-likeness (QED) is 0.859. The van der Waals surface area contributed by atoms with Crippen LogP contribution in [0.25, 0.3) is 11.4 Å². The first-order valence-electron chi connectivity index (χ1n) is 7.98. The van der Waals surface area contributed by atoms with Gasteiger partial charge in [0.15, 0.2) is 5.82 Å². The number of nitrogens with zero attached hydrogens (tertiary/aromatic N) is 2. The van der Waals surface area contributed by atoms with Gasteiger partial charge in [-0.25, -0.2) is 9.97 Å². The van der Waals surface area contributed by atoms with Gasteiger partial charge in [0.25, 0.3) is 0 Å². The van der Waals surface area contributed by atoms with Crippen molar-refractivity contribution in [3.63, 3.8) is 0 Å². The van der Waals surface area contributed by atoms with E-state index in [1.54, 1.807) is 0 Å². The normalized spacial score (nSPS) is 14.4. The molecule has 3 heteroatoms. The van der Waals surface area contributed by atoms with Gasteiger partial charge in [0, 0.05) is 23.4 Å². The Labute approximate surface area is 126 Å². The second-order valence-corrected chi connectivity index (χ2v) is 5.78. The molecule has 0 spiro atoms. The second kappa shape index (κ2) is 6.25. The third kappa shape index (κ3) is 3.07. The average molecular weight is 281 g/mol. The molecule has 0 radical (unpaired) electrons. The standard InChI is InChI=1S/C18H23N3/c1-3-19-18-15-10-5-4-6-11-16(15)20-17(21-18)14-9-7-8-13(2)12-14/h7-9,12H,3-6,10-11H2,1-2H3,(H,19,20,21). The highest BCUT2D eigenvalue weighted by molar-refractivity contribution is 5.61. The maximum absolute atomic E-state index is 4.88. The van der Waals surface area contributed by atoms with Crippen molar-refractivity contribution >= 4 is 5.82 Å². The highest BCUT2D eigenvalue weighted by Gasteiger charge is 2.17. The van der Waals surface area contributed by atoms with Gasteiger partial charge in [0.1, 0.15) is 5.82 Å². The molecule has 0 bridgehead atoms. The third-order valence-corrected chi connectivity index (χ3v) is 4.05. The Hall–Kier alpha value is -1.90. The molecule has 110 valence electrons. The van der Waals surface area contributed by atoms with Crippen molar-refractivity contribution in [2.75, 3.05) is 11.9 Å². The molecule has 0 aliphatic heterocycles. The molecule has 2 aromatic rings. The maximum Gasteiger partial charge on any atom is 0.161 e. The van der Waals surface area contributed by atoms with E-state index in [1.165, 1.54) is 36.1 Å². The van der Waals surface area contributed by atoms with Crippen molar-refractivity contribution in [2.24, 2.45) is 0 Å². The lowest BCUT2D eigenvalue weighted by Gasteiger charge is -2.14. The van der Waals surface area contributed by atoms with Crippen LogP contribution in [-0.4, -0.2) is 16.5 Å². The Morgan fingerprint density at radius 3 is 2.76 bits per heavy atom. The third-order valence-electron chi connectivity index (χ3n) is 4.05. The van der Waals surface area contributed by atoms with Crippen LogP contribution in [0.3, 0.4) is 0 Å². The first kappa shape index (κ1) is 14.1. The van der Waals surface area contributed by atoms with Gasteiger partial charge >= 0.3 is 0 Å². The van der Waals surface area contributed by atoms with Crippen molar-refractivity contribution in [3.8, 4) is 11.4 Å². The first-order valence-corrected chi connectivity index (χ1v) is 7.98. The number of hydrogen-bond donors (Lipinski definition) is 1. The van der Waals surface area contributed by atoms with Gasteiger partial charge in [0.2, 0.25) is 0 Å². The Balaban J connectivity index is 2.09. The van der Waals surface area contributed by atoms with Crippen LogP contribution < -0.4 is 5.32 Å². The number of fused-ring (bicyclic) bond motifs is 1. The summed E-state index contributed by atoms with van der Waals surface area (Å²) < 4.78 is 0. The van der Waals surface area contributed by atoms with Gasteiger partial charge in [-0.3, -0.25) is 0 Å². The van der Waals surface area contributed by atoms with Crippen LogP contribution in [0.4, 0.5) is 5.82 Å². The number of rotatable bonds is 3. The monoisotopic (exact) mass is 281 g/mol. The summed E-state index contributed by atoms with van der Waals surface area (Å²) in [5.74, 6) is 1.90. The zero-order valence-corrected chi connectivity index (χ0v) is 12.9. The average Bonchev–Trinajstić information content (AvgIpc) is 2.73. The lowest BCUT2D eigenvalue weighted by Crippen LogP contribution is -2.09. The van der Waals surface area contributed by atoms with E-state index >= 15 is 0 Å². The Bertz CT molecular complexity index is 634. The Morgan fingerprint density at radius 2 is 1.95 bits per heavy atom. The van der Waals surface area contributed by atoms with Gasteiger partial charge in [-0.05, 0) is 45.6 Å². The van der Waals surface area contributed by atoms with E-state index in [-0.39, 0.29) is 0 Å². The minimum Gasteiger partial charge on any atom is -0.370 e. The van der Waals surface area contributed by atoms with E-state index in [0.29, 0.717) is 0 Å². The lowest BCUT2D eigenvalue weighted by molar-refractivity contribution is 0.709. The molecule has 0 atom stereocenters. The van der Waals surface area contributed by atoms with Crippen molar-refractivity contribution < 1.29 is 0 Å². The van der Waals surface area contributed by atoms with Crippen molar-refractivity contribution in [1.29, 1.82) is 0 Å². The summed E-state index contributed by atoms with van der Waals surface area (Å²) in [7, 11) is 0. The molecule has 0 unspecified atom stereocenters. The predicted molar refractivity (Wildman–Crippen MR) is 87.6 cm³/mol. The van der Waals surface area contributed by atoms with Gasteiger partial charge < -0.3 is 5.32 Å². The molecule has 0 fully saturated rings. The zero-order chi connectivity index (χ0) is 14.7. The molecule has 0 amide bonds. The van der Waals surface area contributed by atoms with E-state index in [0.717, 1.165) is 36.6 Å². The van der Waals surface area contributed by atoms with Crippen LogP contribution >= 0.6 is 0 Å². The van der Waals surface area contributed by atoms with Crippen molar-refractivity contribution in [2.45, 2.75) is 46.0 Å². The minimum atomic E-state index is 0.857. The highest BCUT2D eigenvalue weighted by atomic mass is 15.0. The number of nitrogens with one attached hydrogen (secondary N) is 1. The largest absolute Gasteiger partial charge is 0.370 e. The van der Waals surface area contributed by atoms with Gasteiger partial charge in [0.05, 0.1) is 0 Å². The number of anilines is 1. The highest BCUT2D eigenvalue weighted by Crippen LogP contribution is 2.28. The summed E-state index contributed by atoms with van der Waals surface area (Å²) in [6.07, 6.45) is 5.96. The van der Waals surface area contributed by atoms with Crippen LogP contribution in [0.1, 0.15) is 43.0 Å². The number of aromatic nitrogens is 2. The van der Waals surface area contributed by atoms with E-state index in [2.05, 4.69) is 43.4 Å². The smallest absolute Gasteiger partial charge is 0.161 e. The minimum absolute atomic E-state index is 0.857. The number of hydrogen-bond acceptors (Lipinski definition) is 3. The Kier molecular flexibility index (Phi) is 4.18. The Morgan fingerprint density at radius 1 is 1.10 bits per heavy atom. The summed E-state index contributed by atoms with van der Waals surface area (Å²) in [6.45, 7) is 5.13. The van der Waals surface area contributed by atoms with Crippen LogP contribution in [-0.2, 0) is 12.8 Å². The molecule has 1 aliphatic rings. The summed E-state index contributed by atoms with van der Waals surface area (Å²) >= 11 is 0. The summed E-state index contributed by atoms with van der Waals surface area (Å²) in [5.41, 5.74) is 4.94. The summed E-state index contributed by atoms with van der Waals surface area (Å²) in [4.78, 5) is 9.68. The van der Waals surface area contributed by atoms with Crippen LogP contribution in [0.5, 0.6) is 0 Å². The zero-order valence-electron chi connectivity index (χ0n) is 12.9. The molecule has 1 aliphatic carbocycles. The van der Waals surface area contributed by atoms with E-state index in [1.807, 2.05) is 0 Å². The summed E-state index contributed by atoms with van der Waals surface area (Å²) in [5, 5.41) is 3.44. The SMILES string of the molecule is CCNc1nc(-c2cccc(C)c2)nc2c1CCCCC2. The topological polar surface area (TPSA) is 37.8 Å². The molecule has 1 N–H and O–H groups in total. The van der Waals surface area contributed by atoms with Crippen molar-refractivity contribution in [3.05, 3.63) is 41.1 Å². The van der Waals surface area contributed by atoms with E-state index in [9.17, 15) is 0 Å². The first-order chi connectivity index (χ1) is 10.3. The van der Waals surface area contributed by atoms with E-state index < -0.39 is 0 Å². The molecular formula is C18H23N3. The molecule has 3 nitrogen and oxygen atoms in total. The fraction of sp³-hybridized carbons (Fsp3) is 0.444.